The van der Waals surface area contributed by atoms with Crippen LogP contribution >= 0.6 is 11.3 Å². The lowest BCUT2D eigenvalue weighted by atomic mass is 10.1. The van der Waals surface area contributed by atoms with E-state index < -0.39 is 0 Å². The van der Waals surface area contributed by atoms with Gasteiger partial charge in [0.05, 0.1) is 18.8 Å². The Hall–Kier alpha value is -0.810. The molecule has 0 aliphatic heterocycles. The SMILES string of the molecule is CC(C)CC(CO)Nc1ncc(N)s1. The first kappa shape index (κ1) is 11.3. The van der Waals surface area contributed by atoms with E-state index in [2.05, 4.69) is 24.1 Å². The summed E-state index contributed by atoms with van der Waals surface area (Å²) in [5, 5.41) is 13.8. The average molecular weight is 215 g/mol. The molecule has 0 fully saturated rings. The molecule has 1 unspecified atom stereocenters. The highest BCUT2D eigenvalue weighted by atomic mass is 32.1. The summed E-state index contributed by atoms with van der Waals surface area (Å²) in [6, 6.07) is 0.0700. The maximum atomic E-state index is 9.13. The van der Waals surface area contributed by atoms with Crippen LogP contribution in [0.3, 0.4) is 0 Å². The molecular weight excluding hydrogens is 198 g/mol. The van der Waals surface area contributed by atoms with Crippen molar-refractivity contribution < 1.29 is 5.11 Å². The van der Waals surface area contributed by atoms with E-state index >= 15 is 0 Å². The van der Waals surface area contributed by atoms with E-state index in [1.807, 2.05) is 0 Å². The van der Waals surface area contributed by atoms with E-state index in [9.17, 15) is 0 Å². The number of nitrogen functional groups attached to an aromatic ring is 1. The molecule has 5 heteroatoms. The Morgan fingerprint density at radius 3 is 2.79 bits per heavy atom. The second-order valence-corrected chi connectivity index (χ2v) is 4.78. The number of rotatable bonds is 5. The Morgan fingerprint density at radius 2 is 2.36 bits per heavy atom. The summed E-state index contributed by atoms with van der Waals surface area (Å²) in [5.74, 6) is 0.553. The number of nitrogens with two attached hydrogens (primary N) is 1. The Labute approximate surface area is 88.2 Å². The summed E-state index contributed by atoms with van der Waals surface area (Å²) >= 11 is 1.40. The number of aromatic nitrogens is 1. The average Bonchev–Trinajstić information content (AvgIpc) is 2.49. The van der Waals surface area contributed by atoms with Gasteiger partial charge in [0.15, 0.2) is 5.13 Å². The van der Waals surface area contributed by atoms with Crippen LogP contribution in [0.5, 0.6) is 0 Å². The van der Waals surface area contributed by atoms with Crippen LogP contribution in [0.4, 0.5) is 10.1 Å². The maximum absolute atomic E-state index is 9.13. The van der Waals surface area contributed by atoms with Gasteiger partial charge in [-0.25, -0.2) is 4.98 Å². The van der Waals surface area contributed by atoms with Gasteiger partial charge in [0.2, 0.25) is 0 Å². The summed E-state index contributed by atoms with van der Waals surface area (Å²) in [4.78, 5) is 4.08. The minimum Gasteiger partial charge on any atom is -0.394 e. The predicted molar refractivity (Wildman–Crippen MR) is 60.5 cm³/mol. The molecule has 4 nitrogen and oxygen atoms in total. The van der Waals surface area contributed by atoms with E-state index in [0.717, 1.165) is 11.6 Å². The van der Waals surface area contributed by atoms with E-state index in [0.29, 0.717) is 10.9 Å². The third-order valence-electron chi connectivity index (χ3n) is 1.83. The van der Waals surface area contributed by atoms with Gasteiger partial charge in [0, 0.05) is 0 Å². The van der Waals surface area contributed by atoms with E-state index in [1.165, 1.54) is 11.3 Å². The first-order chi connectivity index (χ1) is 6.61. The molecule has 1 aromatic heterocycles. The standard InChI is InChI=1S/C9H17N3OS/c1-6(2)3-7(5-13)12-9-11-4-8(10)14-9/h4,6-7,13H,3,5,10H2,1-2H3,(H,11,12). The zero-order chi connectivity index (χ0) is 10.6. The minimum absolute atomic E-state index is 0.0700. The Balaban J connectivity index is 2.48. The van der Waals surface area contributed by atoms with Crippen LogP contribution in [0.2, 0.25) is 0 Å². The first-order valence-electron chi connectivity index (χ1n) is 4.70. The van der Waals surface area contributed by atoms with Gasteiger partial charge in [-0.1, -0.05) is 25.2 Å². The molecule has 14 heavy (non-hydrogen) atoms. The molecule has 1 heterocycles. The van der Waals surface area contributed by atoms with Gasteiger partial charge < -0.3 is 16.2 Å². The number of hydrogen-bond acceptors (Lipinski definition) is 5. The van der Waals surface area contributed by atoms with Crippen molar-refractivity contribution in [2.45, 2.75) is 26.3 Å². The number of thiazole rings is 1. The smallest absolute Gasteiger partial charge is 0.184 e. The van der Waals surface area contributed by atoms with Crippen LogP contribution in [0.1, 0.15) is 20.3 Å². The van der Waals surface area contributed by atoms with Crippen LogP contribution in [0.25, 0.3) is 0 Å². The topological polar surface area (TPSA) is 71.2 Å². The molecule has 0 radical (unpaired) electrons. The van der Waals surface area contributed by atoms with Gasteiger partial charge >= 0.3 is 0 Å². The molecule has 0 bridgehead atoms. The highest BCUT2D eigenvalue weighted by Crippen LogP contribution is 2.21. The molecule has 0 aliphatic rings. The Kier molecular flexibility index (Phi) is 4.16. The quantitative estimate of drug-likeness (QED) is 0.697. The van der Waals surface area contributed by atoms with Crippen LogP contribution in [-0.4, -0.2) is 22.7 Å². The lowest BCUT2D eigenvalue weighted by molar-refractivity contribution is 0.259. The third-order valence-corrected chi connectivity index (χ3v) is 2.59. The monoisotopic (exact) mass is 215 g/mol. The fourth-order valence-electron chi connectivity index (χ4n) is 1.28. The van der Waals surface area contributed by atoms with Gasteiger partial charge in [0.1, 0.15) is 5.00 Å². The molecule has 0 saturated carbocycles. The van der Waals surface area contributed by atoms with Gasteiger partial charge in [-0.3, -0.25) is 0 Å². The molecule has 1 rings (SSSR count). The molecule has 1 aromatic rings. The highest BCUT2D eigenvalue weighted by Gasteiger charge is 2.10. The fraction of sp³-hybridized carbons (Fsp3) is 0.667. The van der Waals surface area contributed by atoms with Gasteiger partial charge in [0.25, 0.3) is 0 Å². The second kappa shape index (κ2) is 5.17. The lowest BCUT2D eigenvalue weighted by Gasteiger charge is -2.17. The zero-order valence-corrected chi connectivity index (χ0v) is 9.34. The summed E-state index contributed by atoms with van der Waals surface area (Å²) in [5.41, 5.74) is 5.55. The molecule has 0 aliphatic carbocycles. The summed E-state index contributed by atoms with van der Waals surface area (Å²) in [6.07, 6.45) is 2.55. The van der Waals surface area contributed by atoms with Gasteiger partial charge in [-0.05, 0) is 12.3 Å². The van der Waals surface area contributed by atoms with Crippen molar-refractivity contribution in [3.8, 4) is 0 Å². The van der Waals surface area contributed by atoms with Crippen molar-refractivity contribution in [2.75, 3.05) is 17.7 Å². The van der Waals surface area contributed by atoms with Crippen molar-refractivity contribution in [1.29, 1.82) is 0 Å². The summed E-state index contributed by atoms with van der Waals surface area (Å²) in [6.45, 7) is 4.37. The Morgan fingerprint density at radius 1 is 1.64 bits per heavy atom. The van der Waals surface area contributed by atoms with E-state index in [-0.39, 0.29) is 12.6 Å². The summed E-state index contributed by atoms with van der Waals surface area (Å²) in [7, 11) is 0. The van der Waals surface area contributed by atoms with Crippen LogP contribution < -0.4 is 11.1 Å². The van der Waals surface area contributed by atoms with Crippen LogP contribution in [0.15, 0.2) is 6.20 Å². The zero-order valence-electron chi connectivity index (χ0n) is 8.53. The van der Waals surface area contributed by atoms with Crippen molar-refractivity contribution in [2.24, 2.45) is 5.92 Å². The number of anilines is 2. The van der Waals surface area contributed by atoms with Gasteiger partial charge in [-0.2, -0.15) is 0 Å². The van der Waals surface area contributed by atoms with E-state index in [1.54, 1.807) is 6.20 Å². The third kappa shape index (κ3) is 3.51. The van der Waals surface area contributed by atoms with Crippen molar-refractivity contribution in [3.05, 3.63) is 6.20 Å². The minimum atomic E-state index is 0.0700. The molecule has 4 N–H and O–H groups in total. The van der Waals surface area contributed by atoms with Crippen LogP contribution in [-0.2, 0) is 0 Å². The highest BCUT2D eigenvalue weighted by molar-refractivity contribution is 7.19. The number of nitrogens with zero attached hydrogens (tertiary/aromatic N) is 1. The second-order valence-electron chi connectivity index (χ2n) is 3.72. The number of nitrogens with one attached hydrogen (secondary N) is 1. The fourth-order valence-corrected chi connectivity index (χ4v) is 1.94. The number of aliphatic hydroxyl groups excluding tert-OH is 1. The Bertz CT molecular complexity index is 275. The molecule has 0 saturated heterocycles. The van der Waals surface area contributed by atoms with Gasteiger partial charge in [-0.15, -0.1) is 0 Å². The van der Waals surface area contributed by atoms with Crippen molar-refractivity contribution in [1.82, 2.24) is 4.98 Å². The molecule has 1 atom stereocenters. The van der Waals surface area contributed by atoms with E-state index in [4.69, 9.17) is 10.8 Å². The van der Waals surface area contributed by atoms with Crippen LogP contribution in [0, 0.1) is 5.92 Å². The summed E-state index contributed by atoms with van der Waals surface area (Å²) < 4.78 is 0. The molecule has 0 amide bonds. The largest absolute Gasteiger partial charge is 0.394 e. The molecule has 0 spiro atoms. The molecule has 80 valence electrons. The molecule has 0 aromatic carbocycles. The first-order valence-corrected chi connectivity index (χ1v) is 5.52. The predicted octanol–water partition coefficient (Wildman–Crippen LogP) is 1.54. The number of aliphatic hydroxyl groups is 1. The lowest BCUT2D eigenvalue weighted by Crippen LogP contribution is -2.25. The molecular formula is C9H17N3OS. The normalized spacial score (nSPS) is 13.1. The van der Waals surface area contributed by atoms with Crippen molar-refractivity contribution >= 4 is 21.5 Å². The maximum Gasteiger partial charge on any atom is 0.184 e. The number of hydrogen-bond donors (Lipinski definition) is 3. The van der Waals surface area contributed by atoms with Crippen molar-refractivity contribution in [3.63, 3.8) is 0 Å².